The average molecular weight is 394 g/mol. The van der Waals surface area contributed by atoms with Crippen LogP contribution in [0.4, 0.5) is 5.69 Å². The topological polar surface area (TPSA) is 84.2 Å². The van der Waals surface area contributed by atoms with Crippen LogP contribution in [0.5, 0.6) is 17.2 Å². The first-order valence-corrected chi connectivity index (χ1v) is 8.78. The molecule has 1 aromatic heterocycles. The first kappa shape index (κ1) is 19.2. The predicted octanol–water partition coefficient (Wildman–Crippen LogP) is 4.80. The van der Waals surface area contributed by atoms with E-state index in [0.29, 0.717) is 33.7 Å². The largest absolute Gasteiger partial charge is 0.481 e. The van der Waals surface area contributed by atoms with Crippen molar-refractivity contribution in [2.75, 3.05) is 5.32 Å². The Morgan fingerprint density at radius 3 is 2.29 bits per heavy atom. The number of anilines is 1. The second-order valence-electron chi connectivity index (χ2n) is 5.83. The quantitative estimate of drug-likeness (QED) is 0.608. The molecule has 0 spiro atoms. The molecule has 0 radical (unpaired) electrons. The van der Waals surface area contributed by atoms with E-state index < -0.39 is 6.10 Å². The van der Waals surface area contributed by atoms with Crippen molar-refractivity contribution >= 4 is 23.2 Å². The highest BCUT2D eigenvalue weighted by molar-refractivity contribution is 6.29. The molecule has 0 aliphatic carbocycles. The molecule has 1 N–H and O–H groups in total. The van der Waals surface area contributed by atoms with Gasteiger partial charge in [-0.2, -0.15) is 5.26 Å². The molecule has 6 nitrogen and oxygen atoms in total. The fourth-order valence-corrected chi connectivity index (χ4v) is 2.48. The Labute approximate surface area is 167 Å². The zero-order valence-corrected chi connectivity index (χ0v) is 15.7. The summed E-state index contributed by atoms with van der Waals surface area (Å²) >= 11 is 5.81. The van der Waals surface area contributed by atoms with Gasteiger partial charge in [-0.25, -0.2) is 4.98 Å². The minimum atomic E-state index is -0.711. The van der Waals surface area contributed by atoms with Gasteiger partial charge in [0.05, 0.1) is 11.6 Å². The fraction of sp³-hybridized carbons (Fsp3) is 0.0952. The number of carbonyl (C=O) groups excluding carboxylic acids is 1. The Bertz CT molecular complexity index is 999. The van der Waals surface area contributed by atoms with Gasteiger partial charge >= 0.3 is 0 Å². The summed E-state index contributed by atoms with van der Waals surface area (Å²) < 4.78 is 11.4. The Balaban J connectivity index is 1.57. The van der Waals surface area contributed by atoms with Gasteiger partial charge in [-0.05, 0) is 67.6 Å². The zero-order valence-electron chi connectivity index (χ0n) is 14.9. The molecular weight excluding hydrogens is 378 g/mol. The standard InChI is InChI=1S/C21H16ClN3O3/c1-14(21(26)25-16-10-11-24-20(22)12-16)27-17-6-8-19(9-7-17)28-18-4-2-15(13-23)3-5-18/h2-12,14H,1H3,(H,24,25,26). The minimum Gasteiger partial charge on any atom is -0.481 e. The van der Waals surface area contributed by atoms with Crippen LogP contribution in [-0.2, 0) is 4.79 Å². The second kappa shape index (κ2) is 8.89. The van der Waals surface area contributed by atoms with Gasteiger partial charge in [-0.1, -0.05) is 11.6 Å². The van der Waals surface area contributed by atoms with Gasteiger partial charge in [0.15, 0.2) is 6.10 Å². The summed E-state index contributed by atoms with van der Waals surface area (Å²) in [7, 11) is 0. The van der Waals surface area contributed by atoms with Crippen LogP contribution in [-0.4, -0.2) is 17.0 Å². The van der Waals surface area contributed by atoms with Gasteiger partial charge in [-0.3, -0.25) is 4.79 Å². The molecule has 0 aliphatic rings. The number of hydrogen-bond acceptors (Lipinski definition) is 5. The molecule has 3 aromatic rings. The monoisotopic (exact) mass is 393 g/mol. The summed E-state index contributed by atoms with van der Waals surface area (Å²) in [5, 5.41) is 11.8. The number of hydrogen-bond donors (Lipinski definition) is 1. The van der Waals surface area contributed by atoms with Crippen molar-refractivity contribution < 1.29 is 14.3 Å². The Kier molecular flexibility index (Phi) is 6.10. The molecule has 0 saturated carbocycles. The smallest absolute Gasteiger partial charge is 0.265 e. The first-order valence-electron chi connectivity index (χ1n) is 8.40. The highest BCUT2D eigenvalue weighted by atomic mass is 35.5. The van der Waals surface area contributed by atoms with Crippen LogP contribution >= 0.6 is 11.6 Å². The van der Waals surface area contributed by atoms with Crippen molar-refractivity contribution in [3.8, 4) is 23.3 Å². The number of carbonyl (C=O) groups is 1. The van der Waals surface area contributed by atoms with Crippen LogP contribution in [0, 0.1) is 11.3 Å². The van der Waals surface area contributed by atoms with Gasteiger partial charge < -0.3 is 14.8 Å². The maximum absolute atomic E-state index is 12.2. The molecule has 7 heteroatoms. The van der Waals surface area contributed by atoms with Crippen molar-refractivity contribution in [2.24, 2.45) is 0 Å². The van der Waals surface area contributed by atoms with E-state index in [4.69, 9.17) is 26.3 Å². The summed E-state index contributed by atoms with van der Waals surface area (Å²) in [6, 6.07) is 19.0. The summed E-state index contributed by atoms with van der Waals surface area (Å²) in [5.74, 6) is 1.46. The summed E-state index contributed by atoms with van der Waals surface area (Å²) in [6.07, 6.45) is 0.799. The van der Waals surface area contributed by atoms with Crippen molar-refractivity contribution in [2.45, 2.75) is 13.0 Å². The van der Waals surface area contributed by atoms with Crippen molar-refractivity contribution in [1.82, 2.24) is 4.98 Å². The zero-order chi connectivity index (χ0) is 19.9. The maximum Gasteiger partial charge on any atom is 0.265 e. The lowest BCUT2D eigenvalue weighted by molar-refractivity contribution is -0.122. The molecule has 1 heterocycles. The number of amides is 1. The fourth-order valence-electron chi connectivity index (χ4n) is 2.30. The molecule has 0 fully saturated rings. The molecule has 2 aromatic carbocycles. The van der Waals surface area contributed by atoms with E-state index in [1.54, 1.807) is 67.6 Å². The van der Waals surface area contributed by atoms with Crippen molar-refractivity contribution in [3.05, 3.63) is 77.6 Å². The third-order valence-electron chi connectivity index (χ3n) is 3.72. The highest BCUT2D eigenvalue weighted by Gasteiger charge is 2.15. The molecule has 0 saturated heterocycles. The molecule has 28 heavy (non-hydrogen) atoms. The van der Waals surface area contributed by atoms with E-state index in [1.807, 2.05) is 0 Å². The number of ether oxygens (including phenoxy) is 2. The lowest BCUT2D eigenvalue weighted by Gasteiger charge is -2.15. The van der Waals surface area contributed by atoms with Crippen LogP contribution in [0.15, 0.2) is 66.9 Å². The maximum atomic E-state index is 12.2. The Hall–Kier alpha value is -3.56. The summed E-state index contributed by atoms with van der Waals surface area (Å²) in [6.45, 7) is 1.65. The van der Waals surface area contributed by atoms with Crippen LogP contribution in [0.1, 0.15) is 12.5 Å². The molecule has 0 bridgehead atoms. The summed E-state index contributed by atoms with van der Waals surface area (Å²) in [5.41, 5.74) is 1.11. The van der Waals surface area contributed by atoms with Gasteiger partial charge in [0.1, 0.15) is 22.4 Å². The van der Waals surface area contributed by atoms with Crippen LogP contribution in [0.2, 0.25) is 5.15 Å². The number of pyridine rings is 1. The van der Waals surface area contributed by atoms with E-state index in [9.17, 15) is 4.79 Å². The lowest BCUT2D eigenvalue weighted by Crippen LogP contribution is -2.30. The number of nitriles is 1. The Morgan fingerprint density at radius 2 is 1.68 bits per heavy atom. The van der Waals surface area contributed by atoms with Crippen LogP contribution in [0.25, 0.3) is 0 Å². The van der Waals surface area contributed by atoms with Gasteiger partial charge in [0.25, 0.3) is 5.91 Å². The third kappa shape index (κ3) is 5.22. The molecule has 1 amide bonds. The van der Waals surface area contributed by atoms with Crippen molar-refractivity contribution in [3.63, 3.8) is 0 Å². The number of aromatic nitrogens is 1. The molecule has 1 unspecified atom stereocenters. The number of nitrogens with one attached hydrogen (secondary N) is 1. The minimum absolute atomic E-state index is 0.296. The first-order chi connectivity index (χ1) is 13.5. The van der Waals surface area contributed by atoms with E-state index in [1.165, 1.54) is 6.20 Å². The SMILES string of the molecule is CC(Oc1ccc(Oc2ccc(C#N)cc2)cc1)C(=O)Nc1ccnc(Cl)c1. The van der Waals surface area contributed by atoms with Crippen LogP contribution in [0.3, 0.4) is 0 Å². The van der Waals surface area contributed by atoms with Gasteiger partial charge in [0, 0.05) is 11.9 Å². The third-order valence-corrected chi connectivity index (χ3v) is 3.93. The molecule has 0 aliphatic heterocycles. The molecule has 3 rings (SSSR count). The number of halogens is 1. The van der Waals surface area contributed by atoms with Crippen LogP contribution < -0.4 is 14.8 Å². The number of benzene rings is 2. The molecular formula is C21H16ClN3O3. The Morgan fingerprint density at radius 1 is 1.07 bits per heavy atom. The number of rotatable bonds is 6. The van der Waals surface area contributed by atoms with E-state index in [-0.39, 0.29) is 5.91 Å². The number of nitrogens with zero attached hydrogens (tertiary/aromatic N) is 2. The predicted molar refractivity (Wildman–Crippen MR) is 106 cm³/mol. The molecule has 1 atom stereocenters. The highest BCUT2D eigenvalue weighted by Crippen LogP contribution is 2.24. The second-order valence-corrected chi connectivity index (χ2v) is 6.21. The normalized spacial score (nSPS) is 11.2. The lowest BCUT2D eigenvalue weighted by atomic mass is 10.2. The van der Waals surface area contributed by atoms with E-state index >= 15 is 0 Å². The van der Waals surface area contributed by atoms with Gasteiger partial charge in [-0.15, -0.1) is 0 Å². The van der Waals surface area contributed by atoms with Crippen molar-refractivity contribution in [1.29, 1.82) is 5.26 Å². The van der Waals surface area contributed by atoms with E-state index in [0.717, 1.165) is 0 Å². The van der Waals surface area contributed by atoms with Gasteiger partial charge in [0.2, 0.25) is 0 Å². The average Bonchev–Trinajstić information content (AvgIpc) is 2.70. The van der Waals surface area contributed by atoms with E-state index in [2.05, 4.69) is 16.4 Å². The summed E-state index contributed by atoms with van der Waals surface area (Å²) in [4.78, 5) is 16.1. The molecule has 140 valence electrons.